The van der Waals surface area contributed by atoms with E-state index < -0.39 is 5.38 Å². The van der Waals surface area contributed by atoms with Gasteiger partial charge < -0.3 is 0 Å². The zero-order chi connectivity index (χ0) is 13.1. The van der Waals surface area contributed by atoms with Gasteiger partial charge in [0.15, 0.2) is 5.78 Å². The molecule has 0 spiro atoms. The maximum Gasteiger partial charge on any atom is 0.186 e. The quantitative estimate of drug-likeness (QED) is 0.404. The normalized spacial score (nSPS) is 12.2. The van der Waals surface area contributed by atoms with Crippen LogP contribution in [-0.2, 0) is 0 Å². The van der Waals surface area contributed by atoms with Crippen molar-refractivity contribution >= 4 is 51.6 Å². The lowest BCUT2D eigenvalue weighted by molar-refractivity contribution is 0.0986. The summed E-state index contributed by atoms with van der Waals surface area (Å²) in [5.74, 6) is -0.130. The third kappa shape index (κ3) is 3.05. The number of carbonyl (C=O) groups excluding carboxylic acids is 1. The van der Waals surface area contributed by atoms with Crippen LogP contribution in [0.5, 0.6) is 0 Å². The van der Waals surface area contributed by atoms with Gasteiger partial charge >= 0.3 is 0 Å². The summed E-state index contributed by atoms with van der Waals surface area (Å²) < 4.78 is 0.851. The topological polar surface area (TPSA) is 17.1 Å². The fourth-order valence-electron chi connectivity index (χ4n) is 1.60. The minimum absolute atomic E-state index is 0.130. The smallest absolute Gasteiger partial charge is 0.186 e. The molecule has 1 nitrogen and oxygen atoms in total. The predicted octanol–water partition coefficient (Wildman–Crippen LogP) is 5.11. The van der Waals surface area contributed by atoms with Crippen molar-refractivity contribution in [3.8, 4) is 0 Å². The summed E-state index contributed by atoms with van der Waals surface area (Å²) in [5, 5.41) is -0.145. The number of halogens is 3. The molecule has 0 aromatic heterocycles. The zero-order valence-corrected chi connectivity index (χ0v) is 12.9. The van der Waals surface area contributed by atoms with Crippen LogP contribution < -0.4 is 0 Å². The van der Waals surface area contributed by atoms with Crippen LogP contribution in [0.3, 0.4) is 0 Å². The molecule has 4 heteroatoms. The SMILES string of the molecule is O=C(c1cc(Cl)ccc1I)C(Cl)c1ccccc1. The largest absolute Gasteiger partial charge is 0.292 e. The van der Waals surface area contributed by atoms with E-state index in [4.69, 9.17) is 23.2 Å². The Labute approximate surface area is 129 Å². The Morgan fingerprint density at radius 1 is 1.11 bits per heavy atom. The number of Topliss-reactive ketones (excluding diaryl/α,β-unsaturated/α-hetero) is 1. The number of hydrogen-bond acceptors (Lipinski definition) is 1. The first-order valence-electron chi connectivity index (χ1n) is 5.28. The Hall–Kier alpha value is -0.580. The van der Waals surface area contributed by atoms with Crippen LogP contribution in [0.1, 0.15) is 21.3 Å². The van der Waals surface area contributed by atoms with Crippen molar-refractivity contribution in [1.29, 1.82) is 0 Å². The van der Waals surface area contributed by atoms with Gasteiger partial charge in [-0.2, -0.15) is 0 Å². The molecule has 0 bridgehead atoms. The van der Waals surface area contributed by atoms with Gasteiger partial charge in [0.25, 0.3) is 0 Å². The summed E-state index contributed by atoms with van der Waals surface area (Å²) in [4.78, 5) is 12.3. The Balaban J connectivity index is 2.34. The van der Waals surface area contributed by atoms with E-state index in [1.807, 2.05) is 36.4 Å². The van der Waals surface area contributed by atoms with E-state index in [9.17, 15) is 4.79 Å². The van der Waals surface area contributed by atoms with Gasteiger partial charge in [0, 0.05) is 14.2 Å². The van der Waals surface area contributed by atoms with E-state index >= 15 is 0 Å². The maximum atomic E-state index is 12.3. The van der Waals surface area contributed by atoms with E-state index in [1.54, 1.807) is 12.1 Å². The lowest BCUT2D eigenvalue weighted by Gasteiger charge is -2.10. The van der Waals surface area contributed by atoms with Gasteiger partial charge in [-0.1, -0.05) is 41.9 Å². The molecule has 0 aliphatic carbocycles. The molecular weight excluding hydrogens is 382 g/mol. The van der Waals surface area contributed by atoms with Crippen molar-refractivity contribution in [3.05, 3.63) is 68.3 Å². The number of carbonyl (C=O) groups is 1. The first kappa shape index (κ1) is 13.8. The molecule has 2 aromatic carbocycles. The summed E-state index contributed by atoms with van der Waals surface area (Å²) in [6.07, 6.45) is 0. The predicted molar refractivity (Wildman–Crippen MR) is 83.5 cm³/mol. The molecule has 1 atom stereocenters. The molecule has 92 valence electrons. The van der Waals surface area contributed by atoms with Gasteiger partial charge in [0.05, 0.1) is 0 Å². The molecule has 0 saturated heterocycles. The van der Waals surface area contributed by atoms with Crippen molar-refractivity contribution in [1.82, 2.24) is 0 Å². The molecule has 0 aliphatic heterocycles. The van der Waals surface area contributed by atoms with Crippen LogP contribution in [0.4, 0.5) is 0 Å². The molecule has 0 amide bonds. The Bertz CT molecular complexity index is 569. The molecule has 18 heavy (non-hydrogen) atoms. The highest BCUT2D eigenvalue weighted by Crippen LogP contribution is 2.28. The molecule has 0 heterocycles. The second kappa shape index (κ2) is 6.04. The second-order valence-electron chi connectivity index (χ2n) is 3.76. The van der Waals surface area contributed by atoms with E-state index in [2.05, 4.69) is 22.6 Å². The summed E-state index contributed by atoms with van der Waals surface area (Å²) in [6.45, 7) is 0. The number of rotatable bonds is 3. The van der Waals surface area contributed by atoms with Crippen molar-refractivity contribution < 1.29 is 4.79 Å². The number of alkyl halides is 1. The maximum absolute atomic E-state index is 12.3. The molecule has 0 saturated carbocycles. The first-order chi connectivity index (χ1) is 8.59. The lowest BCUT2D eigenvalue weighted by atomic mass is 10.0. The summed E-state index contributed by atoms with van der Waals surface area (Å²) in [5.41, 5.74) is 1.35. The summed E-state index contributed by atoms with van der Waals surface area (Å²) in [7, 11) is 0. The van der Waals surface area contributed by atoms with Gasteiger partial charge in [-0.15, -0.1) is 11.6 Å². The molecule has 0 radical (unpaired) electrons. The average Bonchev–Trinajstić information content (AvgIpc) is 2.41. The molecule has 0 fully saturated rings. The van der Waals surface area contributed by atoms with Crippen LogP contribution in [-0.4, -0.2) is 5.78 Å². The minimum Gasteiger partial charge on any atom is -0.292 e. The first-order valence-corrected chi connectivity index (χ1v) is 7.17. The van der Waals surface area contributed by atoms with Gasteiger partial charge in [-0.25, -0.2) is 0 Å². The molecule has 2 aromatic rings. The van der Waals surface area contributed by atoms with Gasteiger partial charge in [0.1, 0.15) is 5.38 Å². The highest BCUT2D eigenvalue weighted by molar-refractivity contribution is 14.1. The van der Waals surface area contributed by atoms with E-state index in [0.29, 0.717) is 10.6 Å². The van der Waals surface area contributed by atoms with Crippen molar-refractivity contribution in [3.63, 3.8) is 0 Å². The van der Waals surface area contributed by atoms with E-state index in [1.165, 1.54) is 0 Å². The minimum atomic E-state index is -0.682. The molecule has 2 rings (SSSR count). The summed E-state index contributed by atoms with van der Waals surface area (Å²) >= 11 is 14.2. The van der Waals surface area contributed by atoms with Crippen LogP contribution in [0.25, 0.3) is 0 Å². The van der Waals surface area contributed by atoms with Crippen LogP contribution in [0.15, 0.2) is 48.5 Å². The van der Waals surface area contributed by atoms with Gasteiger partial charge in [-0.3, -0.25) is 4.79 Å². The van der Waals surface area contributed by atoms with Crippen molar-refractivity contribution in [2.45, 2.75) is 5.38 Å². The van der Waals surface area contributed by atoms with Gasteiger partial charge in [0.2, 0.25) is 0 Å². The monoisotopic (exact) mass is 390 g/mol. The number of ketones is 1. The average molecular weight is 391 g/mol. The van der Waals surface area contributed by atoms with E-state index in [0.717, 1.165) is 9.13 Å². The Morgan fingerprint density at radius 3 is 2.44 bits per heavy atom. The fourth-order valence-corrected chi connectivity index (χ4v) is 2.63. The highest BCUT2D eigenvalue weighted by Gasteiger charge is 2.21. The standard InChI is InChI=1S/C14H9Cl2IO/c15-10-6-7-12(17)11(8-10)14(18)13(16)9-4-2-1-3-5-9/h1-8,13H. The highest BCUT2D eigenvalue weighted by atomic mass is 127. The number of hydrogen-bond donors (Lipinski definition) is 0. The van der Waals surface area contributed by atoms with Crippen LogP contribution in [0, 0.1) is 3.57 Å². The third-order valence-corrected chi connectivity index (χ3v) is 4.14. The van der Waals surface area contributed by atoms with Gasteiger partial charge in [-0.05, 0) is 46.4 Å². The molecule has 0 aliphatic rings. The summed E-state index contributed by atoms with van der Waals surface area (Å²) in [6, 6.07) is 14.5. The third-order valence-electron chi connectivity index (χ3n) is 2.52. The zero-order valence-electron chi connectivity index (χ0n) is 9.24. The van der Waals surface area contributed by atoms with Crippen LogP contribution in [0.2, 0.25) is 5.02 Å². The Morgan fingerprint density at radius 2 is 1.78 bits per heavy atom. The molecule has 0 N–H and O–H groups in total. The Kier molecular flexibility index (Phi) is 4.65. The molecule has 1 unspecified atom stereocenters. The number of benzene rings is 2. The van der Waals surface area contributed by atoms with Crippen LogP contribution >= 0.6 is 45.8 Å². The lowest BCUT2D eigenvalue weighted by Crippen LogP contribution is -2.09. The fraction of sp³-hybridized carbons (Fsp3) is 0.0714. The van der Waals surface area contributed by atoms with Crippen molar-refractivity contribution in [2.24, 2.45) is 0 Å². The van der Waals surface area contributed by atoms with Crippen molar-refractivity contribution in [2.75, 3.05) is 0 Å². The molecular formula is C14H9Cl2IO. The second-order valence-corrected chi connectivity index (χ2v) is 5.80. The van der Waals surface area contributed by atoms with E-state index in [-0.39, 0.29) is 5.78 Å².